The first-order valence-electron chi connectivity index (χ1n) is 5.70. The summed E-state index contributed by atoms with van der Waals surface area (Å²) in [6, 6.07) is 5.92. The minimum absolute atomic E-state index is 0.130. The average molecular weight is 301 g/mol. The molecular formula is C13H17BrO3. The van der Waals surface area contributed by atoms with Crippen LogP contribution in [0.5, 0.6) is 5.75 Å². The van der Waals surface area contributed by atoms with Crippen LogP contribution < -0.4 is 4.74 Å². The lowest BCUT2D eigenvalue weighted by Gasteiger charge is -2.25. The minimum Gasteiger partial charge on any atom is -0.497 e. The molecule has 1 fully saturated rings. The standard InChI is InChI=1S/C13H17BrO3/c1-16-11-2-3-12(14)10(6-11)7-13(8-15)4-5-17-9-13/h2-3,6,15H,4-5,7-9H2,1H3. The Bertz CT molecular complexity index is 386. The average Bonchev–Trinajstić information content (AvgIpc) is 2.81. The number of methoxy groups -OCH3 is 1. The number of hydrogen-bond acceptors (Lipinski definition) is 3. The molecule has 1 aromatic carbocycles. The minimum atomic E-state index is -0.130. The summed E-state index contributed by atoms with van der Waals surface area (Å²) in [7, 11) is 1.66. The first-order chi connectivity index (χ1) is 8.19. The van der Waals surface area contributed by atoms with Gasteiger partial charge in [0.25, 0.3) is 0 Å². The van der Waals surface area contributed by atoms with Gasteiger partial charge >= 0.3 is 0 Å². The van der Waals surface area contributed by atoms with Gasteiger partial charge in [0.15, 0.2) is 0 Å². The maximum Gasteiger partial charge on any atom is 0.119 e. The molecule has 3 nitrogen and oxygen atoms in total. The molecule has 1 aromatic rings. The molecule has 1 atom stereocenters. The second kappa shape index (κ2) is 5.38. The van der Waals surface area contributed by atoms with Gasteiger partial charge in [-0.1, -0.05) is 15.9 Å². The first kappa shape index (κ1) is 12.9. The molecular weight excluding hydrogens is 284 g/mol. The molecule has 1 unspecified atom stereocenters. The molecule has 0 radical (unpaired) electrons. The number of rotatable bonds is 4. The zero-order chi connectivity index (χ0) is 12.3. The fourth-order valence-electron chi connectivity index (χ4n) is 2.19. The van der Waals surface area contributed by atoms with Crippen LogP contribution in [0.1, 0.15) is 12.0 Å². The summed E-state index contributed by atoms with van der Waals surface area (Å²) in [6.45, 7) is 1.53. The number of benzene rings is 1. The highest BCUT2D eigenvalue weighted by Crippen LogP contribution is 2.35. The highest BCUT2D eigenvalue weighted by atomic mass is 79.9. The van der Waals surface area contributed by atoms with Gasteiger partial charge in [-0.3, -0.25) is 0 Å². The maximum atomic E-state index is 9.57. The fourth-order valence-corrected chi connectivity index (χ4v) is 2.57. The van der Waals surface area contributed by atoms with Crippen molar-refractivity contribution in [3.63, 3.8) is 0 Å². The summed E-state index contributed by atoms with van der Waals surface area (Å²) < 4.78 is 11.7. The monoisotopic (exact) mass is 300 g/mol. The smallest absolute Gasteiger partial charge is 0.119 e. The van der Waals surface area contributed by atoms with E-state index in [-0.39, 0.29) is 12.0 Å². The fraction of sp³-hybridized carbons (Fsp3) is 0.538. The summed E-state index contributed by atoms with van der Waals surface area (Å²) in [5.74, 6) is 0.843. The van der Waals surface area contributed by atoms with E-state index in [9.17, 15) is 5.11 Å². The van der Waals surface area contributed by atoms with Gasteiger partial charge in [0.1, 0.15) is 5.75 Å². The third-order valence-electron chi connectivity index (χ3n) is 3.34. The molecule has 1 aliphatic heterocycles. The number of aliphatic hydroxyl groups excluding tert-OH is 1. The molecule has 0 aliphatic carbocycles. The summed E-state index contributed by atoms with van der Waals surface area (Å²) >= 11 is 3.54. The van der Waals surface area contributed by atoms with Crippen LogP contribution in [0.15, 0.2) is 22.7 Å². The van der Waals surface area contributed by atoms with Gasteiger partial charge in [-0.2, -0.15) is 0 Å². The number of aliphatic hydroxyl groups is 1. The lowest BCUT2D eigenvalue weighted by Crippen LogP contribution is -2.28. The van der Waals surface area contributed by atoms with Gasteiger partial charge in [-0.25, -0.2) is 0 Å². The van der Waals surface area contributed by atoms with Crippen LogP contribution >= 0.6 is 15.9 Å². The van der Waals surface area contributed by atoms with Crippen molar-refractivity contribution in [3.8, 4) is 5.75 Å². The molecule has 2 rings (SSSR count). The van der Waals surface area contributed by atoms with E-state index in [0.717, 1.165) is 35.2 Å². The molecule has 4 heteroatoms. The quantitative estimate of drug-likeness (QED) is 0.928. The van der Waals surface area contributed by atoms with Crippen LogP contribution in [0.2, 0.25) is 0 Å². The van der Waals surface area contributed by atoms with Gasteiger partial charge in [-0.15, -0.1) is 0 Å². The van der Waals surface area contributed by atoms with E-state index in [1.807, 2.05) is 18.2 Å². The number of halogens is 1. The number of ether oxygens (including phenoxy) is 2. The van der Waals surface area contributed by atoms with E-state index in [4.69, 9.17) is 9.47 Å². The predicted octanol–water partition coefficient (Wildman–Crippen LogP) is 2.40. The van der Waals surface area contributed by atoms with Crippen LogP contribution in [-0.4, -0.2) is 32.0 Å². The van der Waals surface area contributed by atoms with Crippen LogP contribution in [0.4, 0.5) is 0 Å². The summed E-state index contributed by atoms with van der Waals surface area (Å²) in [5, 5.41) is 9.57. The van der Waals surface area contributed by atoms with E-state index < -0.39 is 0 Å². The zero-order valence-corrected chi connectivity index (χ0v) is 11.5. The Kier molecular flexibility index (Phi) is 4.07. The third kappa shape index (κ3) is 2.81. The molecule has 1 N–H and O–H groups in total. The lowest BCUT2D eigenvalue weighted by molar-refractivity contribution is 0.0933. The highest BCUT2D eigenvalue weighted by Gasteiger charge is 2.35. The molecule has 17 heavy (non-hydrogen) atoms. The summed E-state index contributed by atoms with van der Waals surface area (Å²) in [5.41, 5.74) is 1.03. The van der Waals surface area contributed by atoms with Crippen LogP contribution in [-0.2, 0) is 11.2 Å². The summed E-state index contributed by atoms with van der Waals surface area (Å²) in [6.07, 6.45) is 1.72. The Morgan fingerprint density at radius 2 is 2.35 bits per heavy atom. The van der Waals surface area contributed by atoms with Gasteiger partial charge in [-0.05, 0) is 36.6 Å². The predicted molar refractivity (Wildman–Crippen MR) is 69.4 cm³/mol. The van der Waals surface area contributed by atoms with Crippen molar-refractivity contribution in [2.24, 2.45) is 5.41 Å². The Hall–Kier alpha value is -0.580. The van der Waals surface area contributed by atoms with E-state index in [0.29, 0.717) is 6.61 Å². The van der Waals surface area contributed by atoms with Crippen LogP contribution in [0, 0.1) is 5.41 Å². The zero-order valence-electron chi connectivity index (χ0n) is 9.91. The normalized spacial score (nSPS) is 23.9. The maximum absolute atomic E-state index is 9.57. The SMILES string of the molecule is COc1ccc(Br)c(CC2(CO)CCOC2)c1. The van der Waals surface area contributed by atoms with Crippen molar-refractivity contribution in [3.05, 3.63) is 28.2 Å². The Labute approximate surface area is 110 Å². The van der Waals surface area contributed by atoms with E-state index in [1.165, 1.54) is 0 Å². The van der Waals surface area contributed by atoms with Crippen molar-refractivity contribution in [1.29, 1.82) is 0 Å². The molecule has 1 heterocycles. The van der Waals surface area contributed by atoms with Gasteiger partial charge < -0.3 is 14.6 Å². The second-order valence-corrected chi connectivity index (χ2v) is 5.45. The van der Waals surface area contributed by atoms with E-state index in [1.54, 1.807) is 7.11 Å². The van der Waals surface area contributed by atoms with Crippen molar-refractivity contribution in [2.45, 2.75) is 12.8 Å². The van der Waals surface area contributed by atoms with Gasteiger partial charge in [0, 0.05) is 16.5 Å². The van der Waals surface area contributed by atoms with Crippen LogP contribution in [0.3, 0.4) is 0 Å². The largest absolute Gasteiger partial charge is 0.497 e. The molecule has 94 valence electrons. The summed E-state index contributed by atoms with van der Waals surface area (Å²) in [4.78, 5) is 0. The molecule has 0 spiro atoms. The van der Waals surface area contributed by atoms with E-state index >= 15 is 0 Å². The van der Waals surface area contributed by atoms with Crippen molar-refractivity contribution in [1.82, 2.24) is 0 Å². The van der Waals surface area contributed by atoms with Crippen molar-refractivity contribution < 1.29 is 14.6 Å². The Morgan fingerprint density at radius 1 is 1.53 bits per heavy atom. The molecule has 0 saturated carbocycles. The molecule has 0 amide bonds. The van der Waals surface area contributed by atoms with Crippen molar-refractivity contribution >= 4 is 15.9 Å². The first-order valence-corrected chi connectivity index (χ1v) is 6.49. The second-order valence-electron chi connectivity index (χ2n) is 4.59. The van der Waals surface area contributed by atoms with Gasteiger partial charge in [0.05, 0.1) is 20.3 Å². The number of hydrogen-bond donors (Lipinski definition) is 1. The molecule has 0 aromatic heterocycles. The van der Waals surface area contributed by atoms with Gasteiger partial charge in [0.2, 0.25) is 0 Å². The Balaban J connectivity index is 2.22. The van der Waals surface area contributed by atoms with Crippen molar-refractivity contribution in [2.75, 3.05) is 26.9 Å². The third-order valence-corrected chi connectivity index (χ3v) is 4.11. The Morgan fingerprint density at radius 3 is 2.94 bits per heavy atom. The lowest BCUT2D eigenvalue weighted by atomic mass is 9.82. The highest BCUT2D eigenvalue weighted by molar-refractivity contribution is 9.10. The topological polar surface area (TPSA) is 38.7 Å². The van der Waals surface area contributed by atoms with Crippen LogP contribution in [0.25, 0.3) is 0 Å². The van der Waals surface area contributed by atoms with E-state index in [2.05, 4.69) is 15.9 Å². The molecule has 1 aliphatic rings. The molecule has 1 saturated heterocycles. The molecule has 0 bridgehead atoms.